The van der Waals surface area contributed by atoms with Gasteiger partial charge < -0.3 is 10.2 Å². The van der Waals surface area contributed by atoms with E-state index in [0.717, 1.165) is 57.3 Å². The molecule has 1 N–H and O–H groups in total. The molecule has 0 spiro atoms. The van der Waals surface area contributed by atoms with Gasteiger partial charge in [-0.3, -0.25) is 10.1 Å². The number of anilines is 3. The van der Waals surface area contributed by atoms with Crippen LogP contribution in [0.4, 0.5) is 23.0 Å². The number of aryl methyl sites for hydroxylation is 1. The summed E-state index contributed by atoms with van der Waals surface area (Å²) in [5.74, 6) is 0.652. The van der Waals surface area contributed by atoms with Crippen LogP contribution in [0.3, 0.4) is 0 Å². The molecule has 26 heavy (non-hydrogen) atoms. The quantitative estimate of drug-likeness (QED) is 0.583. The van der Waals surface area contributed by atoms with Gasteiger partial charge in [-0.05, 0) is 49.8 Å². The number of nitro groups is 1. The van der Waals surface area contributed by atoms with E-state index in [1.807, 2.05) is 17.0 Å². The Kier molecular flexibility index (Phi) is 5.99. The van der Waals surface area contributed by atoms with Crippen molar-refractivity contribution in [2.24, 2.45) is 0 Å². The normalized spacial score (nSPS) is 14.3. The first kappa shape index (κ1) is 18.1. The third-order valence-electron chi connectivity index (χ3n) is 4.68. The Morgan fingerprint density at radius 2 is 1.88 bits per heavy atom. The first-order valence-electron chi connectivity index (χ1n) is 9.29. The van der Waals surface area contributed by atoms with Crippen molar-refractivity contribution in [2.45, 2.75) is 45.4 Å². The fraction of sp³-hybridized carbons (Fsp3) is 0.474. The summed E-state index contributed by atoms with van der Waals surface area (Å²) in [6.07, 6.45) is 7.98. The number of unbranched alkanes of at least 4 members (excludes halogenated alkanes) is 1. The monoisotopic (exact) mass is 355 g/mol. The highest BCUT2D eigenvalue weighted by atomic mass is 16.6. The number of hydrogen-bond acceptors (Lipinski definition) is 6. The molecule has 7 heteroatoms. The molecule has 1 aromatic heterocycles. The number of aromatic nitrogens is 2. The van der Waals surface area contributed by atoms with Crippen molar-refractivity contribution in [3.63, 3.8) is 0 Å². The van der Waals surface area contributed by atoms with Gasteiger partial charge in [-0.2, -0.15) is 0 Å². The van der Waals surface area contributed by atoms with E-state index in [1.165, 1.54) is 11.9 Å². The summed E-state index contributed by atoms with van der Waals surface area (Å²) >= 11 is 0. The van der Waals surface area contributed by atoms with Crippen LogP contribution < -0.4 is 10.2 Å². The van der Waals surface area contributed by atoms with Crippen molar-refractivity contribution in [2.75, 3.05) is 23.3 Å². The Hall–Kier alpha value is -2.70. The van der Waals surface area contributed by atoms with E-state index in [1.54, 1.807) is 0 Å². The van der Waals surface area contributed by atoms with E-state index in [2.05, 4.69) is 34.3 Å². The minimum absolute atomic E-state index is 0.0514. The second kappa shape index (κ2) is 8.60. The first-order valence-corrected chi connectivity index (χ1v) is 9.29. The average molecular weight is 355 g/mol. The fourth-order valence-corrected chi connectivity index (χ4v) is 3.24. The molecule has 138 valence electrons. The molecule has 1 aliphatic rings. The summed E-state index contributed by atoms with van der Waals surface area (Å²) in [4.78, 5) is 21.6. The SMILES string of the molecule is CCCCc1ccc(Nc2ncnc(N3CCCCC3)c2[N+](=O)[O-])cc1. The van der Waals surface area contributed by atoms with Crippen molar-refractivity contribution in [1.82, 2.24) is 9.97 Å². The molecule has 1 fully saturated rings. The fourth-order valence-electron chi connectivity index (χ4n) is 3.24. The molecule has 0 amide bonds. The van der Waals surface area contributed by atoms with Crippen LogP contribution in [0.25, 0.3) is 0 Å². The van der Waals surface area contributed by atoms with Crippen molar-refractivity contribution in [3.8, 4) is 0 Å². The van der Waals surface area contributed by atoms with Crippen molar-refractivity contribution in [3.05, 3.63) is 46.3 Å². The van der Waals surface area contributed by atoms with Gasteiger partial charge in [-0.15, -0.1) is 0 Å². The van der Waals surface area contributed by atoms with Crippen LogP contribution >= 0.6 is 0 Å². The van der Waals surface area contributed by atoms with Crippen LogP contribution in [0.5, 0.6) is 0 Å². The molecule has 3 rings (SSSR count). The topological polar surface area (TPSA) is 84.2 Å². The van der Waals surface area contributed by atoms with Crippen LogP contribution in [0, 0.1) is 10.1 Å². The van der Waals surface area contributed by atoms with E-state index < -0.39 is 0 Å². The summed E-state index contributed by atoms with van der Waals surface area (Å²) in [7, 11) is 0. The number of rotatable bonds is 7. The van der Waals surface area contributed by atoms with E-state index in [0.29, 0.717) is 5.82 Å². The first-order chi connectivity index (χ1) is 12.7. The minimum Gasteiger partial charge on any atom is -0.351 e. The third kappa shape index (κ3) is 4.28. The van der Waals surface area contributed by atoms with Crippen LogP contribution in [0.2, 0.25) is 0 Å². The van der Waals surface area contributed by atoms with Crippen LogP contribution in [-0.2, 0) is 6.42 Å². The molecule has 2 heterocycles. The highest BCUT2D eigenvalue weighted by molar-refractivity contribution is 5.74. The van der Waals surface area contributed by atoms with E-state index in [4.69, 9.17) is 0 Å². The third-order valence-corrected chi connectivity index (χ3v) is 4.68. The smallest absolute Gasteiger partial charge is 0.351 e. The van der Waals surface area contributed by atoms with E-state index in [-0.39, 0.29) is 16.4 Å². The predicted octanol–water partition coefficient (Wildman–Crippen LogP) is 4.46. The summed E-state index contributed by atoms with van der Waals surface area (Å²) in [6, 6.07) is 7.99. The van der Waals surface area contributed by atoms with Gasteiger partial charge in [-0.1, -0.05) is 25.5 Å². The largest absolute Gasteiger partial charge is 0.353 e. The number of nitrogens with zero attached hydrogens (tertiary/aromatic N) is 4. The number of piperidine rings is 1. The molecule has 0 aliphatic carbocycles. The molecule has 7 nitrogen and oxygen atoms in total. The molecule has 0 bridgehead atoms. The predicted molar refractivity (Wildman–Crippen MR) is 103 cm³/mol. The van der Waals surface area contributed by atoms with Gasteiger partial charge in [0.15, 0.2) is 0 Å². The zero-order valence-corrected chi connectivity index (χ0v) is 15.1. The Balaban J connectivity index is 1.83. The minimum atomic E-state index is -0.387. The second-order valence-corrected chi connectivity index (χ2v) is 6.62. The van der Waals surface area contributed by atoms with Gasteiger partial charge in [-0.25, -0.2) is 9.97 Å². The maximum absolute atomic E-state index is 11.7. The zero-order valence-electron chi connectivity index (χ0n) is 15.1. The van der Waals surface area contributed by atoms with Crippen molar-refractivity contribution >= 4 is 23.0 Å². The van der Waals surface area contributed by atoms with Crippen molar-refractivity contribution in [1.29, 1.82) is 0 Å². The van der Waals surface area contributed by atoms with E-state index in [9.17, 15) is 10.1 Å². The highest BCUT2D eigenvalue weighted by Gasteiger charge is 2.27. The highest BCUT2D eigenvalue weighted by Crippen LogP contribution is 2.34. The average Bonchev–Trinajstić information content (AvgIpc) is 2.68. The van der Waals surface area contributed by atoms with Crippen LogP contribution in [0.1, 0.15) is 44.6 Å². The molecule has 0 saturated carbocycles. The molecule has 1 aliphatic heterocycles. The van der Waals surface area contributed by atoms with Crippen molar-refractivity contribution < 1.29 is 4.92 Å². The molecule has 2 aromatic rings. The molecule has 1 aromatic carbocycles. The summed E-state index contributed by atoms with van der Waals surface area (Å²) in [6.45, 7) is 3.76. The Morgan fingerprint density at radius 1 is 1.15 bits per heavy atom. The van der Waals surface area contributed by atoms with Crippen LogP contribution in [-0.4, -0.2) is 28.0 Å². The lowest BCUT2D eigenvalue weighted by atomic mass is 10.1. The Morgan fingerprint density at radius 3 is 2.54 bits per heavy atom. The summed E-state index contributed by atoms with van der Waals surface area (Å²) < 4.78 is 0. The summed E-state index contributed by atoms with van der Waals surface area (Å²) in [5, 5.41) is 14.8. The van der Waals surface area contributed by atoms with Gasteiger partial charge >= 0.3 is 5.69 Å². The van der Waals surface area contributed by atoms with Crippen LogP contribution in [0.15, 0.2) is 30.6 Å². The van der Waals surface area contributed by atoms with E-state index >= 15 is 0 Å². The maximum Gasteiger partial charge on any atom is 0.353 e. The molecule has 1 saturated heterocycles. The maximum atomic E-state index is 11.7. The second-order valence-electron chi connectivity index (χ2n) is 6.62. The number of benzene rings is 1. The molecular weight excluding hydrogens is 330 g/mol. The van der Waals surface area contributed by atoms with Gasteiger partial charge in [0.2, 0.25) is 11.6 Å². The molecule has 0 radical (unpaired) electrons. The lowest BCUT2D eigenvalue weighted by molar-refractivity contribution is -0.383. The lowest BCUT2D eigenvalue weighted by Gasteiger charge is -2.27. The standard InChI is InChI=1S/C19H25N5O2/c1-2-3-7-15-8-10-16(11-9-15)22-18-17(24(25)26)19(21-14-20-18)23-12-5-4-6-13-23/h8-11,14H,2-7,12-13H2,1H3,(H,20,21,22). The molecular formula is C19H25N5O2. The Labute approximate surface area is 153 Å². The summed E-state index contributed by atoms with van der Waals surface area (Å²) in [5.41, 5.74) is 2.00. The van der Waals surface area contributed by atoms with Gasteiger partial charge in [0, 0.05) is 18.8 Å². The van der Waals surface area contributed by atoms with Gasteiger partial charge in [0.05, 0.1) is 4.92 Å². The zero-order chi connectivity index (χ0) is 18.4. The lowest BCUT2D eigenvalue weighted by Crippen LogP contribution is -2.31. The molecule has 0 atom stereocenters. The number of hydrogen-bond donors (Lipinski definition) is 1. The Bertz CT molecular complexity index is 742. The van der Waals surface area contributed by atoms with Gasteiger partial charge in [0.1, 0.15) is 6.33 Å². The molecule has 0 unspecified atom stereocenters. The van der Waals surface area contributed by atoms with Gasteiger partial charge in [0.25, 0.3) is 0 Å². The number of nitrogens with one attached hydrogen (secondary N) is 1.